The number of fused-ring (bicyclic) bond motifs is 1. The molecule has 2 aliphatic heterocycles. The van der Waals surface area contributed by atoms with Crippen molar-refractivity contribution in [1.82, 2.24) is 19.5 Å². The number of hydrogen-bond acceptors (Lipinski definition) is 7. The van der Waals surface area contributed by atoms with Crippen molar-refractivity contribution in [2.75, 3.05) is 24.6 Å². The highest BCUT2D eigenvalue weighted by molar-refractivity contribution is 5.89. The summed E-state index contributed by atoms with van der Waals surface area (Å²) >= 11 is 0. The molecule has 0 aliphatic carbocycles. The summed E-state index contributed by atoms with van der Waals surface area (Å²) in [6.45, 7) is 4.59. The Morgan fingerprint density at radius 1 is 1.21 bits per heavy atom. The van der Waals surface area contributed by atoms with Gasteiger partial charge in [-0.3, -0.25) is 0 Å². The third-order valence-electron chi connectivity index (χ3n) is 4.94. The van der Waals surface area contributed by atoms with Gasteiger partial charge in [-0.25, -0.2) is 15.0 Å². The van der Waals surface area contributed by atoms with Crippen LogP contribution in [0.25, 0.3) is 11.2 Å². The van der Waals surface area contributed by atoms with Gasteiger partial charge in [-0.05, 0) is 19.3 Å². The summed E-state index contributed by atoms with van der Waals surface area (Å²) in [4.78, 5) is 21.0. The molecule has 2 aromatic rings. The number of oxime groups is 1. The average Bonchev–Trinajstić information content (AvgIpc) is 3.20. The Hall–Kier alpha value is -2.22. The Labute approximate surface area is 140 Å². The molecule has 2 atom stereocenters. The maximum Gasteiger partial charge on any atom is 0.165 e. The van der Waals surface area contributed by atoms with Gasteiger partial charge < -0.3 is 19.4 Å². The summed E-state index contributed by atoms with van der Waals surface area (Å²) < 4.78 is 1.98. The maximum absolute atomic E-state index is 9.29. The number of aliphatic hydroxyl groups is 1. The lowest BCUT2D eigenvalue weighted by atomic mass is 10.0. The van der Waals surface area contributed by atoms with Crippen molar-refractivity contribution in [2.24, 2.45) is 11.1 Å². The van der Waals surface area contributed by atoms with Gasteiger partial charge in [-0.2, -0.15) is 0 Å². The lowest BCUT2D eigenvalue weighted by molar-refractivity contribution is 0.0211. The van der Waals surface area contributed by atoms with E-state index in [1.165, 1.54) is 19.3 Å². The molecule has 4 heterocycles. The first-order chi connectivity index (χ1) is 11.8. The van der Waals surface area contributed by atoms with Crippen LogP contribution in [0.15, 0.2) is 17.8 Å². The predicted octanol–water partition coefficient (Wildman–Crippen LogP) is 1.20. The first kappa shape index (κ1) is 15.3. The summed E-state index contributed by atoms with van der Waals surface area (Å²) in [5, 5.41) is 13.4. The highest BCUT2D eigenvalue weighted by atomic mass is 16.6. The molecule has 128 valence electrons. The number of aliphatic hydroxyl groups excluding tert-OH is 1. The van der Waals surface area contributed by atoms with E-state index in [9.17, 15) is 5.11 Å². The van der Waals surface area contributed by atoms with Gasteiger partial charge in [-0.15, -0.1) is 0 Å². The van der Waals surface area contributed by atoms with Crippen LogP contribution in [0.4, 0.5) is 5.82 Å². The summed E-state index contributed by atoms with van der Waals surface area (Å²) in [7, 11) is 0. The fraction of sp³-hybridized carbons (Fsp3) is 0.625. The zero-order chi connectivity index (χ0) is 16.5. The maximum atomic E-state index is 9.29. The number of anilines is 1. The van der Waals surface area contributed by atoms with Crippen molar-refractivity contribution in [2.45, 2.75) is 38.8 Å². The molecule has 0 radical (unpaired) electrons. The first-order valence-electron chi connectivity index (χ1n) is 8.52. The van der Waals surface area contributed by atoms with E-state index in [2.05, 4.69) is 25.0 Å². The number of piperidine rings is 1. The predicted molar refractivity (Wildman–Crippen MR) is 89.9 cm³/mol. The zero-order valence-electron chi connectivity index (χ0n) is 13.8. The number of aromatic nitrogens is 4. The molecule has 0 saturated carbocycles. The van der Waals surface area contributed by atoms with Gasteiger partial charge in [0.05, 0.1) is 25.2 Å². The van der Waals surface area contributed by atoms with Crippen LogP contribution < -0.4 is 4.90 Å². The van der Waals surface area contributed by atoms with Gasteiger partial charge in [-0.1, -0.05) is 12.1 Å². The fourth-order valence-electron chi connectivity index (χ4n) is 3.38. The summed E-state index contributed by atoms with van der Waals surface area (Å²) in [5.74, 6) is 1.00. The van der Waals surface area contributed by atoms with Gasteiger partial charge in [0.25, 0.3) is 0 Å². The molecule has 24 heavy (non-hydrogen) atoms. The minimum absolute atomic E-state index is 0.0277. The molecule has 4 rings (SSSR count). The second kappa shape index (κ2) is 6.35. The molecule has 0 amide bonds. The second-order valence-corrected chi connectivity index (χ2v) is 6.49. The molecule has 2 aliphatic rings. The van der Waals surface area contributed by atoms with Gasteiger partial charge in [0.2, 0.25) is 0 Å². The minimum atomic E-state index is -0.256. The summed E-state index contributed by atoms with van der Waals surface area (Å²) in [6, 6.07) is 0. The molecule has 0 spiro atoms. The summed E-state index contributed by atoms with van der Waals surface area (Å²) in [5.41, 5.74) is 2.55. The molecule has 8 nitrogen and oxygen atoms in total. The summed E-state index contributed by atoms with van der Waals surface area (Å²) in [6.07, 6.45) is 6.81. The zero-order valence-corrected chi connectivity index (χ0v) is 13.8. The Morgan fingerprint density at radius 2 is 2.04 bits per heavy atom. The van der Waals surface area contributed by atoms with Crippen LogP contribution in [0.1, 0.15) is 26.2 Å². The number of rotatable bonds is 4. The quantitative estimate of drug-likeness (QED) is 0.906. The van der Waals surface area contributed by atoms with Crippen molar-refractivity contribution >= 4 is 22.7 Å². The molecule has 8 heteroatoms. The standard InChI is InChI=1S/C16H22N6O2/c1-11-12(20-24-13(11)8-23)7-22-10-19-14-15(17-9-18-16(14)22)21-5-3-2-4-6-21/h9-11,13,23H,2-8H2,1H3. The van der Waals surface area contributed by atoms with Crippen molar-refractivity contribution in [3.8, 4) is 0 Å². The van der Waals surface area contributed by atoms with Gasteiger partial charge in [0, 0.05) is 19.0 Å². The van der Waals surface area contributed by atoms with E-state index in [0.29, 0.717) is 6.54 Å². The molecule has 1 N–H and O–H groups in total. The second-order valence-electron chi connectivity index (χ2n) is 6.49. The van der Waals surface area contributed by atoms with Crippen molar-refractivity contribution in [3.63, 3.8) is 0 Å². The van der Waals surface area contributed by atoms with Gasteiger partial charge >= 0.3 is 0 Å². The highest BCUT2D eigenvalue weighted by Crippen LogP contribution is 2.25. The highest BCUT2D eigenvalue weighted by Gasteiger charge is 2.30. The third kappa shape index (κ3) is 2.60. The van der Waals surface area contributed by atoms with Crippen LogP contribution in [-0.4, -0.2) is 56.1 Å². The number of hydrogen-bond donors (Lipinski definition) is 1. The topological polar surface area (TPSA) is 88.7 Å². The van der Waals surface area contributed by atoms with Crippen LogP contribution in [-0.2, 0) is 11.4 Å². The normalized spacial score (nSPS) is 24.2. The van der Waals surface area contributed by atoms with E-state index in [0.717, 1.165) is 35.8 Å². The van der Waals surface area contributed by atoms with E-state index >= 15 is 0 Å². The average molecular weight is 330 g/mol. The van der Waals surface area contributed by atoms with E-state index in [-0.39, 0.29) is 18.6 Å². The Balaban J connectivity index is 1.61. The Bertz CT molecular complexity index is 752. The largest absolute Gasteiger partial charge is 0.392 e. The SMILES string of the molecule is CC1C(Cn2cnc3c(N4CCCCC4)ncnc32)=NOC1CO. The lowest BCUT2D eigenvalue weighted by Crippen LogP contribution is -2.30. The molecule has 2 aromatic heterocycles. The van der Waals surface area contributed by atoms with E-state index < -0.39 is 0 Å². The molecule has 1 fully saturated rings. The lowest BCUT2D eigenvalue weighted by Gasteiger charge is -2.27. The van der Waals surface area contributed by atoms with Crippen molar-refractivity contribution in [3.05, 3.63) is 12.7 Å². The number of imidazole rings is 1. The van der Waals surface area contributed by atoms with Crippen LogP contribution >= 0.6 is 0 Å². The van der Waals surface area contributed by atoms with E-state index in [1.54, 1.807) is 12.7 Å². The van der Waals surface area contributed by atoms with Gasteiger partial charge in [0.1, 0.15) is 6.33 Å². The first-order valence-corrected chi connectivity index (χ1v) is 8.52. The van der Waals surface area contributed by atoms with Crippen LogP contribution in [0.5, 0.6) is 0 Å². The molecular formula is C16H22N6O2. The van der Waals surface area contributed by atoms with Crippen LogP contribution in [0.3, 0.4) is 0 Å². The Kier molecular flexibility index (Phi) is 4.05. The molecule has 2 unspecified atom stereocenters. The van der Waals surface area contributed by atoms with E-state index in [1.807, 2.05) is 11.5 Å². The van der Waals surface area contributed by atoms with Crippen molar-refractivity contribution in [1.29, 1.82) is 0 Å². The van der Waals surface area contributed by atoms with Crippen LogP contribution in [0.2, 0.25) is 0 Å². The molecule has 0 aromatic carbocycles. The smallest absolute Gasteiger partial charge is 0.165 e. The van der Waals surface area contributed by atoms with Crippen LogP contribution in [0, 0.1) is 5.92 Å². The number of nitrogens with zero attached hydrogens (tertiary/aromatic N) is 6. The molecule has 0 bridgehead atoms. The Morgan fingerprint density at radius 3 is 2.79 bits per heavy atom. The van der Waals surface area contributed by atoms with Crippen molar-refractivity contribution < 1.29 is 9.94 Å². The van der Waals surface area contributed by atoms with Gasteiger partial charge in [0.15, 0.2) is 23.1 Å². The third-order valence-corrected chi connectivity index (χ3v) is 4.94. The molecular weight excluding hydrogens is 308 g/mol. The fourth-order valence-corrected chi connectivity index (χ4v) is 3.38. The molecule has 1 saturated heterocycles. The minimum Gasteiger partial charge on any atom is -0.392 e. The van der Waals surface area contributed by atoms with E-state index in [4.69, 9.17) is 4.84 Å². The monoisotopic (exact) mass is 330 g/mol.